The minimum absolute atomic E-state index is 0.0465. The van der Waals surface area contributed by atoms with Gasteiger partial charge in [-0.1, -0.05) is 12.1 Å². The molecular formula is C31H28F3N7O2. The number of hydrogen-bond donors (Lipinski definition) is 1. The number of nitrogens with zero attached hydrogens (tertiary/aromatic N) is 6. The van der Waals surface area contributed by atoms with Crippen molar-refractivity contribution in [3.05, 3.63) is 112 Å². The highest BCUT2D eigenvalue weighted by atomic mass is 19.4. The number of hydrogen-bond acceptors (Lipinski definition) is 5. The number of carbonyl (C=O) groups is 1. The Balaban J connectivity index is 1.70. The van der Waals surface area contributed by atoms with Crippen molar-refractivity contribution in [3.8, 4) is 28.8 Å². The Labute approximate surface area is 245 Å². The summed E-state index contributed by atoms with van der Waals surface area (Å²) in [7, 11) is 1.91. The number of nitriles is 1. The van der Waals surface area contributed by atoms with Crippen molar-refractivity contribution in [2.75, 3.05) is 13.6 Å². The maximum absolute atomic E-state index is 14.0. The summed E-state index contributed by atoms with van der Waals surface area (Å²) < 4.78 is 44.3. The monoisotopic (exact) mass is 587 g/mol. The standard InChI is InChI=1S/C31H28F3N7O2/c1-20-27(26-12-15-36-41(26)24-10-8-21(19-35)9-11-24)40(28(42)37-30(2,3)22-13-16-38(4)17-14-22)29(43)39(20)25-7-5-6-23(18-25)31(32,33)34/h5-16,18H,17H2,1-4H3,(H,37,42). The molecule has 3 heterocycles. The van der Waals surface area contributed by atoms with E-state index in [1.807, 2.05) is 30.3 Å². The number of likely N-dealkylation sites (N-methyl/N-ethyl adjacent to an activating group) is 1. The largest absolute Gasteiger partial charge is 0.416 e. The van der Waals surface area contributed by atoms with Crippen LogP contribution in [0.25, 0.3) is 22.8 Å². The van der Waals surface area contributed by atoms with Gasteiger partial charge in [0, 0.05) is 13.6 Å². The van der Waals surface area contributed by atoms with Gasteiger partial charge >= 0.3 is 17.9 Å². The number of benzene rings is 2. The topological polar surface area (TPSA) is 101 Å². The molecule has 1 N–H and O–H groups in total. The number of rotatable bonds is 5. The first kappa shape index (κ1) is 29.2. The smallest absolute Gasteiger partial charge is 0.377 e. The average molecular weight is 588 g/mol. The van der Waals surface area contributed by atoms with Crippen molar-refractivity contribution in [1.82, 2.24) is 29.1 Å². The number of halogens is 3. The van der Waals surface area contributed by atoms with Crippen molar-refractivity contribution in [1.29, 1.82) is 5.26 Å². The Bertz CT molecular complexity index is 1870. The predicted molar refractivity (Wildman–Crippen MR) is 155 cm³/mol. The van der Waals surface area contributed by atoms with Gasteiger partial charge in [0.05, 0.1) is 51.7 Å². The maximum Gasteiger partial charge on any atom is 0.416 e. The molecule has 4 aromatic rings. The second-order valence-corrected chi connectivity index (χ2v) is 10.7. The first-order valence-corrected chi connectivity index (χ1v) is 13.3. The molecule has 43 heavy (non-hydrogen) atoms. The average Bonchev–Trinajstić information content (AvgIpc) is 3.54. The van der Waals surface area contributed by atoms with Crippen molar-refractivity contribution < 1.29 is 18.0 Å². The van der Waals surface area contributed by atoms with Crippen molar-refractivity contribution in [3.63, 3.8) is 0 Å². The number of nitrogens with one attached hydrogen (secondary N) is 1. The third-order valence-corrected chi connectivity index (χ3v) is 7.29. The fourth-order valence-corrected chi connectivity index (χ4v) is 5.02. The molecule has 0 aliphatic carbocycles. The molecule has 2 aromatic carbocycles. The number of imidazole rings is 1. The summed E-state index contributed by atoms with van der Waals surface area (Å²) in [5.41, 5.74) is -0.203. The SMILES string of the molecule is Cc1c(-c2ccnn2-c2ccc(C#N)cc2)n(C(=O)NC(C)(C)C2=CCN(C)C=C2)c(=O)n1-c1cccc(C(F)(F)F)c1. The second-order valence-electron chi connectivity index (χ2n) is 10.7. The normalized spacial score (nSPS) is 13.5. The lowest BCUT2D eigenvalue weighted by atomic mass is 9.92. The van der Waals surface area contributed by atoms with Crippen LogP contribution in [0.15, 0.2) is 89.5 Å². The molecule has 0 bridgehead atoms. The zero-order valence-corrected chi connectivity index (χ0v) is 23.8. The van der Waals surface area contributed by atoms with E-state index in [-0.39, 0.29) is 17.1 Å². The molecule has 0 saturated heterocycles. The maximum atomic E-state index is 14.0. The van der Waals surface area contributed by atoms with Gasteiger partial charge in [0.1, 0.15) is 5.69 Å². The Morgan fingerprint density at radius 1 is 1.07 bits per heavy atom. The third kappa shape index (κ3) is 5.49. The molecule has 1 aliphatic rings. The van der Waals surface area contributed by atoms with E-state index in [0.29, 0.717) is 23.5 Å². The zero-order chi connectivity index (χ0) is 31.1. The van der Waals surface area contributed by atoms with Crippen LogP contribution in [0.3, 0.4) is 0 Å². The van der Waals surface area contributed by atoms with Gasteiger partial charge in [0.25, 0.3) is 0 Å². The molecular weight excluding hydrogens is 559 g/mol. The zero-order valence-electron chi connectivity index (χ0n) is 23.8. The van der Waals surface area contributed by atoms with E-state index in [1.54, 1.807) is 51.1 Å². The summed E-state index contributed by atoms with van der Waals surface area (Å²) in [4.78, 5) is 30.0. The Morgan fingerprint density at radius 2 is 1.79 bits per heavy atom. The van der Waals surface area contributed by atoms with Crippen molar-refractivity contribution >= 4 is 6.03 Å². The third-order valence-electron chi connectivity index (χ3n) is 7.29. The molecule has 12 heteroatoms. The van der Waals surface area contributed by atoms with Crippen LogP contribution < -0.4 is 11.0 Å². The van der Waals surface area contributed by atoms with Crippen LogP contribution in [0.4, 0.5) is 18.0 Å². The second kappa shape index (κ2) is 10.8. The molecule has 220 valence electrons. The van der Waals surface area contributed by atoms with Gasteiger partial charge in [-0.05, 0) is 87.2 Å². The number of alkyl halides is 3. The molecule has 0 radical (unpaired) electrons. The van der Waals surface area contributed by atoms with E-state index >= 15 is 0 Å². The van der Waals surface area contributed by atoms with E-state index in [9.17, 15) is 28.0 Å². The number of carbonyl (C=O) groups excluding carboxylic acids is 1. The van der Waals surface area contributed by atoms with Gasteiger partial charge < -0.3 is 10.2 Å². The lowest BCUT2D eigenvalue weighted by Gasteiger charge is -2.31. The van der Waals surface area contributed by atoms with E-state index < -0.39 is 29.0 Å². The summed E-state index contributed by atoms with van der Waals surface area (Å²) in [5, 5.41) is 16.5. The number of amides is 1. The minimum atomic E-state index is -4.64. The van der Waals surface area contributed by atoms with Crippen LogP contribution >= 0.6 is 0 Å². The Hall–Kier alpha value is -5.31. The molecule has 5 rings (SSSR count). The first-order chi connectivity index (χ1) is 20.3. The summed E-state index contributed by atoms with van der Waals surface area (Å²) in [6, 6.07) is 13.8. The highest BCUT2D eigenvalue weighted by molar-refractivity contribution is 5.84. The van der Waals surface area contributed by atoms with Gasteiger partial charge in [0.15, 0.2) is 0 Å². The van der Waals surface area contributed by atoms with E-state index in [0.717, 1.165) is 26.8 Å². The molecule has 0 saturated carbocycles. The van der Waals surface area contributed by atoms with Crippen LogP contribution in [0.2, 0.25) is 0 Å². The van der Waals surface area contributed by atoms with E-state index in [1.165, 1.54) is 23.0 Å². The Morgan fingerprint density at radius 3 is 2.42 bits per heavy atom. The van der Waals surface area contributed by atoms with Gasteiger partial charge in [-0.3, -0.25) is 4.57 Å². The molecule has 0 unspecified atom stereocenters. The lowest BCUT2D eigenvalue weighted by molar-refractivity contribution is -0.137. The molecule has 9 nitrogen and oxygen atoms in total. The van der Waals surface area contributed by atoms with Gasteiger partial charge in [0.2, 0.25) is 0 Å². The van der Waals surface area contributed by atoms with Crippen LogP contribution in [0.1, 0.15) is 30.7 Å². The molecule has 1 aliphatic heterocycles. The highest BCUT2D eigenvalue weighted by Gasteiger charge is 2.33. The predicted octanol–water partition coefficient (Wildman–Crippen LogP) is 5.41. The van der Waals surface area contributed by atoms with Crippen LogP contribution in [0.5, 0.6) is 0 Å². The van der Waals surface area contributed by atoms with E-state index in [2.05, 4.69) is 16.5 Å². The summed E-state index contributed by atoms with van der Waals surface area (Å²) >= 11 is 0. The highest BCUT2D eigenvalue weighted by Crippen LogP contribution is 2.32. The molecule has 0 fully saturated rings. The quantitative estimate of drug-likeness (QED) is 0.337. The van der Waals surface area contributed by atoms with Crippen LogP contribution in [-0.4, -0.2) is 49.0 Å². The molecule has 2 aromatic heterocycles. The fraction of sp³-hybridized carbons (Fsp3) is 0.226. The molecule has 1 amide bonds. The van der Waals surface area contributed by atoms with Crippen LogP contribution in [-0.2, 0) is 6.18 Å². The van der Waals surface area contributed by atoms with Crippen molar-refractivity contribution in [2.45, 2.75) is 32.5 Å². The molecule has 0 spiro atoms. The fourth-order valence-electron chi connectivity index (χ4n) is 5.02. The van der Waals surface area contributed by atoms with E-state index in [4.69, 9.17) is 0 Å². The van der Waals surface area contributed by atoms with Gasteiger partial charge in [-0.2, -0.15) is 23.5 Å². The lowest BCUT2D eigenvalue weighted by Crippen LogP contribution is -2.49. The first-order valence-electron chi connectivity index (χ1n) is 13.3. The summed E-state index contributed by atoms with van der Waals surface area (Å²) in [6.45, 7) is 5.79. The van der Waals surface area contributed by atoms with Crippen LogP contribution in [0, 0.1) is 18.3 Å². The van der Waals surface area contributed by atoms with Gasteiger partial charge in [-0.15, -0.1) is 0 Å². The summed E-state index contributed by atoms with van der Waals surface area (Å²) in [5.74, 6) is 0. The Kier molecular flexibility index (Phi) is 7.35. The number of aromatic nitrogens is 4. The molecule has 0 atom stereocenters. The van der Waals surface area contributed by atoms with Crippen molar-refractivity contribution in [2.24, 2.45) is 0 Å². The van der Waals surface area contributed by atoms with Gasteiger partial charge in [-0.25, -0.2) is 18.8 Å². The summed E-state index contributed by atoms with van der Waals surface area (Å²) in [6.07, 6.45) is 2.56. The minimum Gasteiger partial charge on any atom is -0.377 e.